The first-order valence-corrected chi connectivity index (χ1v) is 8.72. The highest BCUT2D eigenvalue weighted by Gasteiger charge is 2.19. The van der Waals surface area contributed by atoms with Gasteiger partial charge < -0.3 is 10.5 Å². The van der Waals surface area contributed by atoms with Crippen LogP contribution in [0.1, 0.15) is 23.7 Å². The zero-order valence-corrected chi connectivity index (χ0v) is 15.7. The number of hydrogen-bond acceptors (Lipinski definition) is 4. The van der Waals surface area contributed by atoms with Gasteiger partial charge in [0.1, 0.15) is 17.4 Å². The van der Waals surface area contributed by atoms with Crippen LogP contribution in [0.15, 0.2) is 43.3 Å². The Balaban J connectivity index is 2.06. The lowest BCUT2D eigenvalue weighted by atomic mass is 10.1. The van der Waals surface area contributed by atoms with E-state index in [4.69, 9.17) is 10.5 Å². The standard InChI is InChI=1S/C20H21F2N5O/c1-4-6-7-19-13(3)20(27-11-14(23)10-24-27)25-26(19)12-16-17(21)8-15(28-5-2)9-18(16)22/h4,6-11H,1,5,12,23H2,2-3H3/b7-6-. The van der Waals surface area contributed by atoms with Crippen molar-refractivity contribution >= 4 is 11.8 Å². The fourth-order valence-electron chi connectivity index (χ4n) is 2.84. The third kappa shape index (κ3) is 3.80. The predicted octanol–water partition coefficient (Wildman–Crippen LogP) is 3.88. The lowest BCUT2D eigenvalue weighted by Gasteiger charge is -2.10. The van der Waals surface area contributed by atoms with E-state index in [1.54, 1.807) is 31.3 Å². The van der Waals surface area contributed by atoms with Crippen molar-refractivity contribution in [3.05, 3.63) is 71.7 Å². The summed E-state index contributed by atoms with van der Waals surface area (Å²) in [4.78, 5) is 0. The number of nitrogens with two attached hydrogens (primary N) is 1. The van der Waals surface area contributed by atoms with Crippen LogP contribution in [-0.4, -0.2) is 26.2 Å². The lowest BCUT2D eigenvalue weighted by molar-refractivity contribution is 0.335. The Kier molecular flexibility index (Phi) is 5.58. The average molecular weight is 385 g/mol. The summed E-state index contributed by atoms with van der Waals surface area (Å²) in [5, 5.41) is 8.66. The molecule has 146 valence electrons. The van der Waals surface area contributed by atoms with E-state index in [9.17, 15) is 8.78 Å². The van der Waals surface area contributed by atoms with Crippen molar-refractivity contribution in [1.29, 1.82) is 0 Å². The molecule has 0 radical (unpaired) electrons. The van der Waals surface area contributed by atoms with Crippen molar-refractivity contribution < 1.29 is 13.5 Å². The highest BCUT2D eigenvalue weighted by atomic mass is 19.1. The number of nitrogen functional groups attached to an aromatic ring is 1. The number of aromatic nitrogens is 4. The van der Waals surface area contributed by atoms with Gasteiger partial charge >= 0.3 is 0 Å². The second-order valence-electron chi connectivity index (χ2n) is 6.10. The smallest absolute Gasteiger partial charge is 0.178 e. The maximum Gasteiger partial charge on any atom is 0.178 e. The molecule has 28 heavy (non-hydrogen) atoms. The second kappa shape index (κ2) is 8.08. The third-order valence-corrected chi connectivity index (χ3v) is 4.16. The maximum atomic E-state index is 14.5. The molecule has 2 N–H and O–H groups in total. The fourth-order valence-corrected chi connectivity index (χ4v) is 2.84. The minimum atomic E-state index is -0.694. The van der Waals surface area contributed by atoms with Crippen LogP contribution in [0.4, 0.5) is 14.5 Å². The summed E-state index contributed by atoms with van der Waals surface area (Å²) in [6, 6.07) is 2.35. The number of allylic oxidation sites excluding steroid dienone is 2. The van der Waals surface area contributed by atoms with Gasteiger partial charge in [-0.05, 0) is 19.9 Å². The Labute approximate surface area is 161 Å². The van der Waals surface area contributed by atoms with Gasteiger partial charge in [-0.1, -0.05) is 18.7 Å². The van der Waals surface area contributed by atoms with Gasteiger partial charge in [-0.3, -0.25) is 4.68 Å². The van der Waals surface area contributed by atoms with Gasteiger partial charge in [0.2, 0.25) is 0 Å². The van der Waals surface area contributed by atoms with Gasteiger partial charge in [-0.2, -0.15) is 10.2 Å². The first kappa shape index (κ1) is 19.3. The van der Waals surface area contributed by atoms with Gasteiger partial charge in [0.15, 0.2) is 5.82 Å². The number of anilines is 1. The summed E-state index contributed by atoms with van der Waals surface area (Å²) in [7, 11) is 0. The van der Waals surface area contributed by atoms with Gasteiger partial charge in [0, 0.05) is 23.3 Å². The van der Waals surface area contributed by atoms with Crippen molar-refractivity contribution in [1.82, 2.24) is 19.6 Å². The highest BCUT2D eigenvalue weighted by Crippen LogP contribution is 2.25. The number of nitrogens with zero attached hydrogens (tertiary/aromatic N) is 4. The SMILES string of the molecule is C=C/C=C\c1c(C)c(-n2cc(N)cn2)nn1Cc1c(F)cc(OCC)cc1F. The Morgan fingerprint density at radius 3 is 2.57 bits per heavy atom. The first-order valence-electron chi connectivity index (χ1n) is 8.72. The van der Waals surface area contributed by atoms with Crippen LogP contribution in [0.2, 0.25) is 0 Å². The molecular weight excluding hydrogens is 364 g/mol. The fraction of sp³-hybridized carbons (Fsp3) is 0.200. The summed E-state index contributed by atoms with van der Waals surface area (Å²) in [6.45, 7) is 7.48. The summed E-state index contributed by atoms with van der Waals surface area (Å²) < 4.78 is 37.2. The average Bonchev–Trinajstić information content (AvgIpc) is 3.20. The van der Waals surface area contributed by atoms with E-state index in [0.29, 0.717) is 23.8 Å². The maximum absolute atomic E-state index is 14.5. The van der Waals surface area contributed by atoms with Crippen molar-refractivity contribution in [2.24, 2.45) is 0 Å². The highest BCUT2D eigenvalue weighted by molar-refractivity contribution is 5.56. The molecule has 2 heterocycles. The number of hydrogen-bond donors (Lipinski definition) is 1. The van der Waals surface area contributed by atoms with Crippen LogP contribution in [-0.2, 0) is 6.54 Å². The molecule has 0 fully saturated rings. The molecule has 0 aliphatic heterocycles. The molecule has 0 aliphatic rings. The van der Waals surface area contributed by atoms with Crippen LogP contribution in [0.5, 0.6) is 5.75 Å². The molecule has 0 atom stereocenters. The number of halogens is 2. The molecule has 2 aromatic heterocycles. The normalized spacial score (nSPS) is 11.3. The second-order valence-corrected chi connectivity index (χ2v) is 6.10. The van der Waals surface area contributed by atoms with Gasteiger partial charge in [0.25, 0.3) is 0 Å². The lowest BCUT2D eigenvalue weighted by Crippen LogP contribution is -2.09. The Hall–Kier alpha value is -3.42. The van der Waals surface area contributed by atoms with Crippen LogP contribution < -0.4 is 10.5 Å². The number of benzene rings is 1. The Bertz CT molecular complexity index is 1010. The molecule has 8 heteroatoms. The van der Waals surface area contributed by atoms with Crippen molar-refractivity contribution in [2.75, 3.05) is 12.3 Å². The van der Waals surface area contributed by atoms with Gasteiger partial charge in [-0.25, -0.2) is 13.5 Å². The van der Waals surface area contributed by atoms with E-state index in [1.165, 1.54) is 27.7 Å². The molecule has 1 aromatic carbocycles. The molecule has 0 unspecified atom stereocenters. The minimum absolute atomic E-state index is 0.0987. The van der Waals surface area contributed by atoms with E-state index in [2.05, 4.69) is 16.8 Å². The molecule has 0 saturated heterocycles. The molecule has 3 rings (SSSR count). The van der Waals surface area contributed by atoms with E-state index < -0.39 is 11.6 Å². The zero-order chi connectivity index (χ0) is 20.3. The molecule has 0 aliphatic carbocycles. The van der Waals surface area contributed by atoms with Crippen LogP contribution in [0.3, 0.4) is 0 Å². The van der Waals surface area contributed by atoms with E-state index in [1.807, 2.05) is 6.92 Å². The molecule has 0 bridgehead atoms. The molecule has 0 saturated carbocycles. The molecular formula is C20H21F2N5O. The van der Waals surface area contributed by atoms with Crippen LogP contribution in [0.25, 0.3) is 11.9 Å². The predicted molar refractivity (Wildman–Crippen MR) is 104 cm³/mol. The number of rotatable bonds is 7. The minimum Gasteiger partial charge on any atom is -0.494 e. The van der Waals surface area contributed by atoms with Crippen LogP contribution in [0, 0.1) is 18.6 Å². The quantitative estimate of drug-likeness (QED) is 0.627. The van der Waals surface area contributed by atoms with Gasteiger partial charge in [-0.15, -0.1) is 0 Å². The summed E-state index contributed by atoms with van der Waals surface area (Å²) in [6.07, 6.45) is 8.24. The zero-order valence-electron chi connectivity index (χ0n) is 15.7. The first-order chi connectivity index (χ1) is 13.4. The van der Waals surface area contributed by atoms with Crippen LogP contribution >= 0.6 is 0 Å². The van der Waals surface area contributed by atoms with Crippen molar-refractivity contribution in [3.8, 4) is 11.6 Å². The molecule has 6 nitrogen and oxygen atoms in total. The van der Waals surface area contributed by atoms with E-state index >= 15 is 0 Å². The molecule has 0 amide bonds. The van der Waals surface area contributed by atoms with E-state index in [-0.39, 0.29) is 17.9 Å². The largest absolute Gasteiger partial charge is 0.494 e. The van der Waals surface area contributed by atoms with E-state index in [0.717, 1.165) is 5.56 Å². The topological polar surface area (TPSA) is 70.9 Å². The Morgan fingerprint density at radius 2 is 2.00 bits per heavy atom. The monoisotopic (exact) mass is 385 g/mol. The number of ether oxygens (including phenoxy) is 1. The third-order valence-electron chi connectivity index (χ3n) is 4.16. The summed E-state index contributed by atoms with van der Waals surface area (Å²) >= 11 is 0. The summed E-state index contributed by atoms with van der Waals surface area (Å²) in [5.74, 6) is -0.718. The molecule has 0 spiro atoms. The summed E-state index contributed by atoms with van der Waals surface area (Å²) in [5.41, 5.74) is 7.58. The Morgan fingerprint density at radius 1 is 1.29 bits per heavy atom. The molecule has 3 aromatic rings. The van der Waals surface area contributed by atoms with Crippen molar-refractivity contribution in [3.63, 3.8) is 0 Å². The van der Waals surface area contributed by atoms with Gasteiger partial charge in [0.05, 0.1) is 36.9 Å². The van der Waals surface area contributed by atoms with Crippen molar-refractivity contribution in [2.45, 2.75) is 20.4 Å².